The van der Waals surface area contributed by atoms with E-state index in [-0.39, 0.29) is 11.4 Å². The molecule has 0 unspecified atom stereocenters. The Morgan fingerprint density at radius 3 is 2.18 bits per heavy atom. The molecular formula is C19H24O2S. The van der Waals surface area contributed by atoms with Crippen molar-refractivity contribution in [3.8, 4) is 10.4 Å². The fraction of sp³-hybridized carbons (Fsp3) is 0.421. The topological polar surface area (TPSA) is 26.3 Å². The highest BCUT2D eigenvalue weighted by Crippen LogP contribution is 2.39. The van der Waals surface area contributed by atoms with Gasteiger partial charge in [0.25, 0.3) is 0 Å². The van der Waals surface area contributed by atoms with Crippen LogP contribution in [0, 0.1) is 0 Å². The van der Waals surface area contributed by atoms with Crippen molar-refractivity contribution in [3.05, 3.63) is 46.8 Å². The van der Waals surface area contributed by atoms with Gasteiger partial charge in [-0.15, -0.1) is 11.3 Å². The lowest BCUT2D eigenvalue weighted by molar-refractivity contribution is -0.146. The van der Waals surface area contributed by atoms with E-state index in [1.165, 1.54) is 16.9 Å². The number of hydrogen-bond donors (Lipinski definition) is 0. The zero-order valence-electron chi connectivity index (χ0n) is 14.2. The summed E-state index contributed by atoms with van der Waals surface area (Å²) in [7, 11) is 1.44. The summed E-state index contributed by atoms with van der Waals surface area (Å²) in [5.74, 6) is -0.215. The molecule has 0 aliphatic heterocycles. The Morgan fingerprint density at radius 2 is 1.64 bits per heavy atom. The van der Waals surface area contributed by atoms with Crippen molar-refractivity contribution in [3.63, 3.8) is 0 Å². The van der Waals surface area contributed by atoms with Crippen molar-refractivity contribution >= 4 is 17.3 Å². The fourth-order valence-corrected chi connectivity index (χ4v) is 3.60. The van der Waals surface area contributed by atoms with E-state index < -0.39 is 5.41 Å². The molecule has 0 aliphatic rings. The predicted molar refractivity (Wildman–Crippen MR) is 93.5 cm³/mol. The second kappa shape index (κ2) is 5.88. The molecule has 0 atom stereocenters. The monoisotopic (exact) mass is 316 g/mol. The van der Waals surface area contributed by atoms with Gasteiger partial charge in [-0.25, -0.2) is 0 Å². The highest BCUT2D eigenvalue weighted by molar-refractivity contribution is 7.15. The number of methoxy groups -OCH3 is 1. The minimum absolute atomic E-state index is 0.135. The minimum atomic E-state index is -0.669. The molecule has 0 spiro atoms. The maximum Gasteiger partial charge on any atom is 0.315 e. The first-order chi connectivity index (χ1) is 10.2. The van der Waals surface area contributed by atoms with E-state index in [4.69, 9.17) is 4.74 Å². The Morgan fingerprint density at radius 1 is 1.00 bits per heavy atom. The number of esters is 1. The van der Waals surface area contributed by atoms with Gasteiger partial charge < -0.3 is 4.74 Å². The van der Waals surface area contributed by atoms with Crippen LogP contribution in [-0.4, -0.2) is 13.1 Å². The third kappa shape index (κ3) is 3.09. The average molecular weight is 316 g/mol. The van der Waals surface area contributed by atoms with Gasteiger partial charge in [0, 0.05) is 9.75 Å². The van der Waals surface area contributed by atoms with E-state index in [9.17, 15) is 4.79 Å². The molecular weight excluding hydrogens is 292 g/mol. The normalized spacial score (nSPS) is 12.3. The standard InChI is InChI=1S/C19H24O2S/c1-18(2,3)16-12-11-15(22-16)13-9-7-8-10-14(13)19(4,5)17(20)21-6/h7-12H,1-6H3. The van der Waals surface area contributed by atoms with Gasteiger partial charge in [0.1, 0.15) is 0 Å². The van der Waals surface area contributed by atoms with Crippen molar-refractivity contribution in [1.82, 2.24) is 0 Å². The Bertz CT molecular complexity index is 675. The Balaban J connectivity index is 2.54. The molecule has 0 saturated carbocycles. The number of hydrogen-bond acceptors (Lipinski definition) is 3. The van der Waals surface area contributed by atoms with E-state index >= 15 is 0 Å². The molecule has 0 N–H and O–H groups in total. The van der Waals surface area contributed by atoms with Crippen LogP contribution in [0.1, 0.15) is 45.1 Å². The van der Waals surface area contributed by atoms with Crippen LogP contribution in [0.15, 0.2) is 36.4 Å². The number of carbonyl (C=O) groups is 1. The molecule has 2 aromatic rings. The number of benzene rings is 1. The zero-order valence-corrected chi connectivity index (χ0v) is 15.0. The SMILES string of the molecule is COC(=O)C(C)(C)c1ccccc1-c1ccc(C(C)(C)C)s1. The molecule has 0 amide bonds. The Hall–Kier alpha value is -1.61. The summed E-state index contributed by atoms with van der Waals surface area (Å²) in [4.78, 5) is 14.7. The van der Waals surface area contributed by atoms with Crippen LogP contribution in [0.2, 0.25) is 0 Å². The maximum absolute atomic E-state index is 12.2. The second-order valence-electron chi connectivity index (χ2n) is 7.08. The van der Waals surface area contributed by atoms with Crippen LogP contribution in [0.5, 0.6) is 0 Å². The Kier molecular flexibility index (Phi) is 4.48. The first-order valence-corrected chi connectivity index (χ1v) is 8.28. The molecule has 0 fully saturated rings. The average Bonchev–Trinajstić information content (AvgIpc) is 2.96. The van der Waals surface area contributed by atoms with Gasteiger partial charge in [0.05, 0.1) is 12.5 Å². The van der Waals surface area contributed by atoms with Gasteiger partial charge in [0.15, 0.2) is 0 Å². The van der Waals surface area contributed by atoms with E-state index in [0.29, 0.717) is 0 Å². The molecule has 22 heavy (non-hydrogen) atoms. The van der Waals surface area contributed by atoms with Crippen LogP contribution in [0.25, 0.3) is 10.4 Å². The smallest absolute Gasteiger partial charge is 0.315 e. The number of ether oxygens (including phenoxy) is 1. The summed E-state index contributed by atoms with van der Waals surface area (Å²) in [5, 5.41) is 0. The molecule has 1 heterocycles. The second-order valence-corrected chi connectivity index (χ2v) is 8.16. The van der Waals surface area contributed by atoms with E-state index in [1.807, 2.05) is 32.0 Å². The number of rotatable bonds is 3. The number of carbonyl (C=O) groups excluding carboxylic acids is 1. The maximum atomic E-state index is 12.2. The van der Waals surface area contributed by atoms with E-state index in [2.05, 4.69) is 39.0 Å². The molecule has 0 radical (unpaired) electrons. The summed E-state index contributed by atoms with van der Waals surface area (Å²) < 4.78 is 4.98. The van der Waals surface area contributed by atoms with Gasteiger partial charge in [-0.3, -0.25) is 4.79 Å². The van der Waals surface area contributed by atoms with Gasteiger partial charge in [0.2, 0.25) is 0 Å². The summed E-state index contributed by atoms with van der Waals surface area (Å²) in [6.07, 6.45) is 0. The van der Waals surface area contributed by atoms with Gasteiger partial charge >= 0.3 is 5.97 Å². The van der Waals surface area contributed by atoms with Gasteiger partial charge in [-0.2, -0.15) is 0 Å². The molecule has 2 rings (SSSR count). The van der Waals surface area contributed by atoms with E-state index in [1.54, 1.807) is 11.3 Å². The Labute approximate surface area is 137 Å². The third-order valence-corrected chi connectivity index (χ3v) is 5.45. The largest absolute Gasteiger partial charge is 0.468 e. The molecule has 1 aromatic carbocycles. The summed E-state index contributed by atoms with van der Waals surface area (Å²) in [6.45, 7) is 10.5. The molecule has 2 nitrogen and oxygen atoms in total. The molecule has 0 saturated heterocycles. The lowest BCUT2D eigenvalue weighted by Gasteiger charge is -2.24. The molecule has 3 heteroatoms. The van der Waals surface area contributed by atoms with Crippen LogP contribution < -0.4 is 0 Å². The van der Waals surface area contributed by atoms with E-state index in [0.717, 1.165) is 11.1 Å². The quantitative estimate of drug-likeness (QED) is 0.731. The predicted octanol–water partition coefficient (Wildman–Crippen LogP) is 5.16. The lowest BCUT2D eigenvalue weighted by atomic mass is 9.81. The highest BCUT2D eigenvalue weighted by Gasteiger charge is 2.33. The lowest BCUT2D eigenvalue weighted by Crippen LogP contribution is -2.30. The molecule has 1 aromatic heterocycles. The first kappa shape index (κ1) is 16.8. The zero-order chi connectivity index (χ0) is 16.5. The van der Waals surface area contributed by atoms with Crippen molar-refractivity contribution in [2.24, 2.45) is 0 Å². The van der Waals surface area contributed by atoms with Crippen LogP contribution in [0.3, 0.4) is 0 Å². The molecule has 0 aliphatic carbocycles. The van der Waals surface area contributed by atoms with Crippen molar-refractivity contribution in [2.75, 3.05) is 7.11 Å². The van der Waals surface area contributed by atoms with Crippen molar-refractivity contribution in [1.29, 1.82) is 0 Å². The van der Waals surface area contributed by atoms with Crippen molar-refractivity contribution in [2.45, 2.75) is 45.4 Å². The fourth-order valence-electron chi connectivity index (χ4n) is 2.49. The first-order valence-electron chi connectivity index (χ1n) is 7.46. The minimum Gasteiger partial charge on any atom is -0.468 e. The van der Waals surface area contributed by atoms with Crippen LogP contribution >= 0.6 is 11.3 Å². The third-order valence-electron chi connectivity index (χ3n) is 3.91. The van der Waals surface area contributed by atoms with Gasteiger partial charge in [-0.05, 0) is 42.5 Å². The summed E-state index contributed by atoms with van der Waals surface area (Å²) in [6, 6.07) is 12.4. The van der Waals surface area contributed by atoms with Crippen molar-refractivity contribution < 1.29 is 9.53 Å². The van der Waals surface area contributed by atoms with Crippen LogP contribution in [-0.2, 0) is 20.4 Å². The summed E-state index contributed by atoms with van der Waals surface area (Å²) in [5.41, 5.74) is 1.58. The van der Waals surface area contributed by atoms with Crippen LogP contribution in [0.4, 0.5) is 0 Å². The highest BCUT2D eigenvalue weighted by atomic mass is 32.1. The number of thiophene rings is 1. The molecule has 0 bridgehead atoms. The summed E-state index contributed by atoms with van der Waals surface area (Å²) >= 11 is 1.79. The van der Waals surface area contributed by atoms with Gasteiger partial charge in [-0.1, -0.05) is 45.0 Å². The molecule has 118 valence electrons.